The number of piperidine rings is 1. The van der Waals surface area contributed by atoms with Gasteiger partial charge >= 0.3 is 18.5 Å². The molecule has 0 radical (unpaired) electrons. The Labute approximate surface area is 141 Å². The second-order valence-electron chi connectivity index (χ2n) is 5.95. The maximum Gasteiger partial charge on any atom is 0.413 e. The quantitative estimate of drug-likeness (QED) is 0.441. The van der Waals surface area contributed by atoms with Gasteiger partial charge in [0.1, 0.15) is 5.41 Å². The van der Waals surface area contributed by atoms with Crippen molar-refractivity contribution < 1.29 is 48.3 Å². The predicted octanol–water partition coefficient (Wildman–Crippen LogP) is 5.50. The van der Waals surface area contributed by atoms with Crippen LogP contribution in [-0.4, -0.2) is 48.5 Å². The second kappa shape index (κ2) is 6.68. The molecule has 0 aliphatic carbocycles. The standard InChI is InChI=1S/C14H14F11N/c1-3-11(15,16)9(13(20,21)22)26-6-4-5-10(7-26,14(23,24)25)8(2)12(17,18)19/h3,9H,1-2,4-7H2/t9?,10-/m1/s1. The van der Waals surface area contributed by atoms with Crippen LogP contribution in [0.15, 0.2) is 24.8 Å². The van der Waals surface area contributed by atoms with Gasteiger partial charge in [0, 0.05) is 12.1 Å². The number of likely N-dealkylation sites (tertiary alicyclic amines) is 1. The van der Waals surface area contributed by atoms with E-state index in [-0.39, 0.29) is 4.90 Å². The summed E-state index contributed by atoms with van der Waals surface area (Å²) < 4.78 is 145. The van der Waals surface area contributed by atoms with E-state index < -0.39 is 73.5 Å². The first-order valence-electron chi connectivity index (χ1n) is 7.05. The highest BCUT2D eigenvalue weighted by atomic mass is 19.4. The summed E-state index contributed by atoms with van der Waals surface area (Å²) in [7, 11) is 0. The van der Waals surface area contributed by atoms with Crippen LogP contribution in [0, 0.1) is 5.41 Å². The molecule has 1 nitrogen and oxygen atoms in total. The summed E-state index contributed by atoms with van der Waals surface area (Å²) in [5.41, 5.74) is -6.13. The summed E-state index contributed by atoms with van der Waals surface area (Å²) in [6, 6.07) is -3.74. The van der Waals surface area contributed by atoms with Crippen molar-refractivity contribution in [3.05, 3.63) is 24.8 Å². The lowest BCUT2D eigenvalue weighted by molar-refractivity contribution is -0.273. The maximum absolute atomic E-state index is 13.7. The zero-order chi connectivity index (χ0) is 20.8. The zero-order valence-electron chi connectivity index (χ0n) is 13.0. The van der Waals surface area contributed by atoms with Gasteiger partial charge in [-0.1, -0.05) is 13.2 Å². The Morgan fingerprint density at radius 3 is 1.81 bits per heavy atom. The fourth-order valence-corrected chi connectivity index (χ4v) is 3.01. The third-order valence-electron chi connectivity index (χ3n) is 4.30. The number of hydrogen-bond donors (Lipinski definition) is 0. The lowest BCUT2D eigenvalue weighted by Gasteiger charge is -2.48. The maximum atomic E-state index is 13.7. The highest BCUT2D eigenvalue weighted by Gasteiger charge is 2.66. The molecule has 0 aromatic heterocycles. The van der Waals surface area contributed by atoms with E-state index in [2.05, 4.69) is 13.2 Å². The molecule has 1 heterocycles. The molecule has 2 atom stereocenters. The monoisotopic (exact) mass is 405 g/mol. The van der Waals surface area contributed by atoms with Crippen molar-refractivity contribution in [3.63, 3.8) is 0 Å². The minimum absolute atomic E-state index is 0.324. The highest BCUT2D eigenvalue weighted by molar-refractivity contribution is 5.22. The number of nitrogens with zero attached hydrogens (tertiary/aromatic N) is 1. The third kappa shape index (κ3) is 4.15. The topological polar surface area (TPSA) is 3.24 Å². The van der Waals surface area contributed by atoms with Gasteiger partial charge in [-0.05, 0) is 25.5 Å². The van der Waals surface area contributed by atoms with Crippen LogP contribution in [0.2, 0.25) is 0 Å². The van der Waals surface area contributed by atoms with Gasteiger partial charge < -0.3 is 0 Å². The molecule has 1 unspecified atom stereocenters. The zero-order valence-corrected chi connectivity index (χ0v) is 13.0. The van der Waals surface area contributed by atoms with Gasteiger partial charge in [-0.25, -0.2) is 0 Å². The first kappa shape index (κ1) is 22.7. The smallest absolute Gasteiger partial charge is 0.286 e. The molecule has 1 aliphatic rings. The molecule has 1 fully saturated rings. The lowest BCUT2D eigenvalue weighted by atomic mass is 9.72. The average Bonchev–Trinajstić information content (AvgIpc) is 2.42. The van der Waals surface area contributed by atoms with E-state index in [1.807, 2.05) is 0 Å². The Morgan fingerprint density at radius 1 is 0.962 bits per heavy atom. The van der Waals surface area contributed by atoms with E-state index in [1.165, 1.54) is 0 Å². The molecule has 152 valence electrons. The van der Waals surface area contributed by atoms with Crippen molar-refractivity contribution in [2.75, 3.05) is 13.1 Å². The van der Waals surface area contributed by atoms with E-state index in [9.17, 15) is 48.3 Å². The molecule has 26 heavy (non-hydrogen) atoms. The first-order chi connectivity index (χ1) is 11.4. The Morgan fingerprint density at radius 2 is 1.46 bits per heavy atom. The van der Waals surface area contributed by atoms with Crippen molar-refractivity contribution in [1.29, 1.82) is 0 Å². The molecule has 1 saturated heterocycles. The average molecular weight is 405 g/mol. The van der Waals surface area contributed by atoms with Crippen LogP contribution in [0.3, 0.4) is 0 Å². The van der Waals surface area contributed by atoms with Crippen LogP contribution < -0.4 is 0 Å². The van der Waals surface area contributed by atoms with Crippen LogP contribution in [0.1, 0.15) is 12.8 Å². The Hall–Kier alpha value is -1.33. The molecule has 0 saturated carbocycles. The Kier molecular flexibility index (Phi) is 5.84. The SMILES string of the molecule is C=CC(F)(F)C(N1CCC[C@@](C(=C)C(F)(F)F)(C(F)(F)F)C1)C(F)(F)F. The fourth-order valence-electron chi connectivity index (χ4n) is 3.01. The predicted molar refractivity (Wildman–Crippen MR) is 69.5 cm³/mol. The summed E-state index contributed by atoms with van der Waals surface area (Å²) in [5, 5.41) is 0. The molecule has 0 aromatic carbocycles. The van der Waals surface area contributed by atoms with E-state index in [0.717, 1.165) is 0 Å². The summed E-state index contributed by atoms with van der Waals surface area (Å²) in [6.07, 6.45) is -19.3. The van der Waals surface area contributed by atoms with Crippen LogP contribution >= 0.6 is 0 Å². The van der Waals surface area contributed by atoms with Gasteiger partial charge in [0.05, 0.1) is 0 Å². The van der Waals surface area contributed by atoms with E-state index in [4.69, 9.17) is 0 Å². The number of halogens is 11. The number of alkyl halides is 11. The molecule has 0 N–H and O–H groups in total. The van der Waals surface area contributed by atoms with E-state index in [0.29, 0.717) is 0 Å². The number of hydrogen-bond acceptors (Lipinski definition) is 1. The summed E-state index contributed by atoms with van der Waals surface area (Å²) >= 11 is 0. The molecular formula is C14H14F11N. The van der Waals surface area contributed by atoms with Gasteiger partial charge in [-0.15, -0.1) is 0 Å². The van der Waals surface area contributed by atoms with Gasteiger partial charge in [0.2, 0.25) is 0 Å². The summed E-state index contributed by atoms with van der Waals surface area (Å²) in [4.78, 5) is -0.324. The van der Waals surface area contributed by atoms with E-state index in [1.54, 1.807) is 0 Å². The minimum Gasteiger partial charge on any atom is -0.286 e. The molecule has 1 rings (SSSR count). The Bertz CT molecular complexity index is 543. The second-order valence-corrected chi connectivity index (χ2v) is 5.95. The van der Waals surface area contributed by atoms with Gasteiger partial charge in [0.25, 0.3) is 5.92 Å². The number of rotatable bonds is 4. The van der Waals surface area contributed by atoms with Crippen molar-refractivity contribution >= 4 is 0 Å². The molecule has 1 aliphatic heterocycles. The molecule has 0 aromatic rings. The van der Waals surface area contributed by atoms with Crippen LogP contribution in [0.4, 0.5) is 48.3 Å². The highest BCUT2D eigenvalue weighted by Crippen LogP contribution is 2.55. The lowest BCUT2D eigenvalue weighted by Crippen LogP contribution is -2.63. The third-order valence-corrected chi connectivity index (χ3v) is 4.30. The normalized spacial score (nSPS) is 25.0. The summed E-state index contributed by atoms with van der Waals surface area (Å²) in [6.45, 7) is 2.06. The molecule has 12 heteroatoms. The molecular weight excluding hydrogens is 391 g/mol. The van der Waals surface area contributed by atoms with Crippen molar-refractivity contribution in [2.45, 2.75) is 43.3 Å². The van der Waals surface area contributed by atoms with Crippen molar-refractivity contribution in [2.24, 2.45) is 5.41 Å². The minimum atomic E-state index is -5.70. The van der Waals surface area contributed by atoms with E-state index >= 15 is 0 Å². The largest absolute Gasteiger partial charge is 0.413 e. The van der Waals surface area contributed by atoms with Crippen molar-refractivity contribution in [3.8, 4) is 0 Å². The molecule has 0 spiro atoms. The summed E-state index contributed by atoms with van der Waals surface area (Å²) in [5.74, 6) is -4.70. The molecule has 0 amide bonds. The van der Waals surface area contributed by atoms with Gasteiger partial charge in [-0.3, -0.25) is 4.90 Å². The molecule has 0 bridgehead atoms. The van der Waals surface area contributed by atoms with Crippen molar-refractivity contribution in [1.82, 2.24) is 4.90 Å². The van der Waals surface area contributed by atoms with Gasteiger partial charge in [0.15, 0.2) is 6.04 Å². The first-order valence-corrected chi connectivity index (χ1v) is 7.05. The van der Waals surface area contributed by atoms with Crippen LogP contribution in [-0.2, 0) is 0 Å². The van der Waals surface area contributed by atoms with Crippen LogP contribution in [0.25, 0.3) is 0 Å². The van der Waals surface area contributed by atoms with Gasteiger partial charge in [-0.2, -0.15) is 48.3 Å². The Balaban J connectivity index is 3.46. The fraction of sp³-hybridized carbons (Fsp3) is 0.714. The van der Waals surface area contributed by atoms with Crippen LogP contribution in [0.5, 0.6) is 0 Å².